The highest BCUT2D eigenvalue weighted by Gasteiger charge is 2.65. The molecule has 0 aliphatic rings. The summed E-state index contributed by atoms with van der Waals surface area (Å²) in [6.45, 7) is 4.20. The summed E-state index contributed by atoms with van der Waals surface area (Å²) in [6.07, 6.45) is 0.570. The third-order valence-electron chi connectivity index (χ3n) is 3.64. The molecule has 27 heavy (non-hydrogen) atoms. The first-order valence-corrected chi connectivity index (χ1v) is 9.80. The number of carbonyl (C=O) groups is 2. The molecule has 0 bridgehead atoms. The summed E-state index contributed by atoms with van der Waals surface area (Å²) in [6, 6.07) is 1.71. The summed E-state index contributed by atoms with van der Waals surface area (Å²) >= 11 is 0. The molecule has 0 atom stereocenters. The van der Waals surface area contributed by atoms with Gasteiger partial charge in [-0.2, -0.15) is 0 Å². The Balaban J connectivity index is 2.40. The third kappa shape index (κ3) is 7.61. The zero-order valence-electron chi connectivity index (χ0n) is 15.0. The Kier molecular flexibility index (Phi) is 6.11. The maximum Gasteiger partial charge on any atom is 0.344 e. The Labute approximate surface area is 153 Å². The van der Waals surface area contributed by atoms with Crippen LogP contribution in [0.1, 0.15) is 27.2 Å². The minimum Gasteiger partial charge on any atom is -0.482 e. The summed E-state index contributed by atoms with van der Waals surface area (Å²) in [5.74, 6) is -1.52. The number of halogens is 5. The van der Waals surface area contributed by atoms with Crippen LogP contribution in [0, 0.1) is 5.41 Å². The van der Waals surface area contributed by atoms with E-state index in [1.54, 1.807) is 13.8 Å². The minimum atomic E-state index is -9.74. The van der Waals surface area contributed by atoms with E-state index >= 15 is 0 Å². The van der Waals surface area contributed by atoms with Crippen molar-refractivity contribution >= 4 is 22.2 Å². The van der Waals surface area contributed by atoms with Crippen LogP contribution in [0.4, 0.5) is 19.4 Å². The largest absolute Gasteiger partial charge is 0.482 e. The van der Waals surface area contributed by atoms with Crippen molar-refractivity contribution < 1.29 is 43.2 Å². The molecule has 1 rings (SSSR count). The zero-order valence-corrected chi connectivity index (χ0v) is 15.8. The molecular formula is C16H21F5O5S. The SMILES string of the molecule is CCC(C)(C)C(=O)OCCOC(=O)COc1ccc(S(F)(F)(F)(F)F)cc1. The van der Waals surface area contributed by atoms with E-state index in [1.807, 2.05) is 6.92 Å². The predicted octanol–water partition coefficient (Wildman–Crippen LogP) is 5.25. The van der Waals surface area contributed by atoms with E-state index in [1.165, 1.54) is 0 Å². The Hall–Kier alpha value is -2.04. The average Bonchev–Trinajstić information content (AvgIpc) is 2.54. The van der Waals surface area contributed by atoms with Gasteiger partial charge in [-0.15, -0.1) is 0 Å². The van der Waals surface area contributed by atoms with Gasteiger partial charge in [0.2, 0.25) is 0 Å². The van der Waals surface area contributed by atoms with Gasteiger partial charge in [0.25, 0.3) is 0 Å². The number of rotatable bonds is 9. The van der Waals surface area contributed by atoms with Crippen molar-refractivity contribution in [1.29, 1.82) is 0 Å². The lowest BCUT2D eigenvalue weighted by Gasteiger charge is -2.40. The van der Waals surface area contributed by atoms with E-state index in [0.717, 1.165) is 0 Å². The van der Waals surface area contributed by atoms with Gasteiger partial charge in [-0.3, -0.25) is 4.79 Å². The second-order valence-corrected chi connectivity index (χ2v) is 8.73. The monoisotopic (exact) mass is 420 g/mol. The Morgan fingerprint density at radius 1 is 0.963 bits per heavy atom. The van der Waals surface area contributed by atoms with E-state index in [-0.39, 0.29) is 31.1 Å². The van der Waals surface area contributed by atoms with Crippen molar-refractivity contribution in [1.82, 2.24) is 0 Å². The van der Waals surface area contributed by atoms with Crippen molar-refractivity contribution in [2.24, 2.45) is 5.41 Å². The van der Waals surface area contributed by atoms with Crippen LogP contribution >= 0.6 is 10.2 Å². The van der Waals surface area contributed by atoms with E-state index < -0.39 is 39.1 Å². The molecule has 0 spiro atoms. The molecule has 0 radical (unpaired) electrons. The number of esters is 2. The molecule has 0 saturated heterocycles. The fourth-order valence-corrected chi connectivity index (χ4v) is 2.26. The van der Waals surface area contributed by atoms with E-state index in [9.17, 15) is 29.0 Å². The van der Waals surface area contributed by atoms with Gasteiger partial charge in [0.05, 0.1) is 5.41 Å². The third-order valence-corrected chi connectivity index (χ3v) is 4.80. The Bertz CT molecular complexity index is 686. The lowest BCUT2D eigenvalue weighted by molar-refractivity contribution is -0.159. The van der Waals surface area contributed by atoms with Crippen molar-refractivity contribution in [2.75, 3.05) is 19.8 Å². The highest BCUT2D eigenvalue weighted by molar-refractivity contribution is 8.45. The van der Waals surface area contributed by atoms with Crippen molar-refractivity contribution in [3.8, 4) is 5.75 Å². The van der Waals surface area contributed by atoms with Crippen LogP contribution in [-0.2, 0) is 19.1 Å². The van der Waals surface area contributed by atoms with Crippen molar-refractivity contribution in [3.05, 3.63) is 24.3 Å². The second-order valence-electron chi connectivity index (χ2n) is 6.32. The van der Waals surface area contributed by atoms with Crippen LogP contribution in [0.3, 0.4) is 0 Å². The molecule has 0 heterocycles. The number of hydrogen-bond donors (Lipinski definition) is 0. The highest BCUT2D eigenvalue weighted by Crippen LogP contribution is 3.02. The normalized spacial score (nSPS) is 14.7. The first-order chi connectivity index (χ1) is 12.0. The molecular weight excluding hydrogens is 399 g/mol. The lowest BCUT2D eigenvalue weighted by atomic mass is 9.91. The van der Waals surface area contributed by atoms with E-state index in [0.29, 0.717) is 18.6 Å². The molecule has 0 saturated carbocycles. The summed E-state index contributed by atoms with van der Waals surface area (Å²) in [4.78, 5) is 21.1. The molecule has 0 fully saturated rings. The molecule has 0 N–H and O–H groups in total. The summed E-state index contributed by atoms with van der Waals surface area (Å²) in [5.41, 5.74) is -0.658. The van der Waals surface area contributed by atoms with Gasteiger partial charge in [-0.1, -0.05) is 26.4 Å². The van der Waals surface area contributed by atoms with Gasteiger partial charge in [0, 0.05) is 0 Å². The van der Waals surface area contributed by atoms with Gasteiger partial charge in [-0.05, 0) is 44.5 Å². The first-order valence-electron chi connectivity index (χ1n) is 7.85. The summed E-state index contributed by atoms with van der Waals surface area (Å²) in [5, 5.41) is 0. The molecule has 1 aromatic rings. The Morgan fingerprint density at radius 2 is 1.48 bits per heavy atom. The van der Waals surface area contributed by atoms with Crippen molar-refractivity contribution in [3.63, 3.8) is 0 Å². The highest BCUT2D eigenvalue weighted by atomic mass is 32.5. The van der Waals surface area contributed by atoms with Gasteiger partial charge >= 0.3 is 22.2 Å². The van der Waals surface area contributed by atoms with Crippen LogP contribution in [0.2, 0.25) is 0 Å². The number of hydrogen-bond acceptors (Lipinski definition) is 5. The topological polar surface area (TPSA) is 61.8 Å². The molecule has 0 aliphatic heterocycles. The molecule has 11 heteroatoms. The molecule has 0 aromatic heterocycles. The van der Waals surface area contributed by atoms with Crippen LogP contribution in [0.15, 0.2) is 29.2 Å². The first kappa shape index (κ1) is 23.0. The van der Waals surface area contributed by atoms with Crippen LogP contribution < -0.4 is 4.74 Å². The maximum absolute atomic E-state index is 12.6. The standard InChI is InChI=1S/C16H21F5O5S/c1-4-16(2,3)15(23)25-10-9-24-14(22)11-26-12-5-7-13(8-6-12)27(17,18,19,20)21/h5-8H,4,9-11H2,1-3H3. The zero-order chi connectivity index (χ0) is 21.0. The van der Waals surface area contributed by atoms with E-state index in [4.69, 9.17) is 14.2 Å². The van der Waals surface area contributed by atoms with Crippen molar-refractivity contribution in [2.45, 2.75) is 32.1 Å². The predicted molar refractivity (Wildman–Crippen MR) is 89.3 cm³/mol. The minimum absolute atomic E-state index is 0.160. The van der Waals surface area contributed by atoms with Gasteiger partial charge < -0.3 is 14.2 Å². The molecule has 5 nitrogen and oxygen atoms in total. The molecule has 0 amide bonds. The van der Waals surface area contributed by atoms with Crippen LogP contribution in [-0.4, -0.2) is 31.8 Å². The van der Waals surface area contributed by atoms with Gasteiger partial charge in [0.15, 0.2) is 6.61 Å². The summed E-state index contributed by atoms with van der Waals surface area (Å²) in [7, 11) is -9.74. The van der Waals surface area contributed by atoms with Gasteiger partial charge in [-0.25, -0.2) is 4.79 Å². The second kappa shape index (κ2) is 7.17. The Morgan fingerprint density at radius 3 is 1.96 bits per heavy atom. The number of ether oxygens (including phenoxy) is 3. The molecule has 0 unspecified atom stereocenters. The average molecular weight is 420 g/mol. The maximum atomic E-state index is 12.6. The summed E-state index contributed by atoms with van der Waals surface area (Å²) < 4.78 is 77.4. The molecule has 1 aromatic carbocycles. The lowest BCUT2D eigenvalue weighted by Crippen LogP contribution is -2.27. The number of benzene rings is 1. The smallest absolute Gasteiger partial charge is 0.344 e. The molecule has 0 aliphatic carbocycles. The van der Waals surface area contributed by atoms with Gasteiger partial charge in [0.1, 0.15) is 23.9 Å². The fourth-order valence-electron chi connectivity index (χ4n) is 1.61. The molecule has 156 valence electrons. The van der Waals surface area contributed by atoms with E-state index in [2.05, 4.69) is 0 Å². The quantitative estimate of drug-likeness (QED) is 0.310. The van der Waals surface area contributed by atoms with Crippen LogP contribution in [0.25, 0.3) is 0 Å². The number of carbonyl (C=O) groups excluding carboxylic acids is 2. The fraction of sp³-hybridized carbons (Fsp3) is 0.500. The van der Waals surface area contributed by atoms with Crippen LogP contribution in [0.5, 0.6) is 5.75 Å².